The van der Waals surface area contributed by atoms with E-state index in [0.717, 1.165) is 17.9 Å². The van der Waals surface area contributed by atoms with E-state index in [1.54, 1.807) is 18.7 Å². The lowest BCUT2D eigenvalue weighted by Gasteiger charge is -2.08. The van der Waals surface area contributed by atoms with Gasteiger partial charge in [-0.2, -0.15) is 0 Å². The van der Waals surface area contributed by atoms with Gasteiger partial charge in [0.2, 0.25) is 0 Å². The second kappa shape index (κ2) is 6.94. The maximum absolute atomic E-state index is 9.36. The molecular formula is C13H20O2S. The van der Waals surface area contributed by atoms with Gasteiger partial charge >= 0.3 is 0 Å². The number of aliphatic hydroxyl groups is 1. The number of hydrogen-bond donors (Lipinski definition) is 1. The van der Waals surface area contributed by atoms with Gasteiger partial charge in [-0.3, -0.25) is 0 Å². The average molecular weight is 240 g/mol. The van der Waals surface area contributed by atoms with Crippen molar-refractivity contribution in [3.63, 3.8) is 0 Å². The summed E-state index contributed by atoms with van der Waals surface area (Å²) < 4.78 is 5.46. The molecule has 1 rings (SSSR count). The summed E-state index contributed by atoms with van der Waals surface area (Å²) in [5.74, 6) is 0.964. The van der Waals surface area contributed by atoms with Crippen molar-refractivity contribution in [3.05, 3.63) is 29.8 Å². The Morgan fingerprint density at radius 1 is 1.19 bits per heavy atom. The van der Waals surface area contributed by atoms with Gasteiger partial charge in [0.05, 0.1) is 18.8 Å². The Hall–Kier alpha value is -0.510. The Kier molecular flexibility index (Phi) is 5.88. The molecule has 0 amide bonds. The third-order valence-corrected chi connectivity index (χ3v) is 3.14. The minimum atomic E-state index is -0.386. The third-order valence-electron chi connectivity index (χ3n) is 2.17. The van der Waals surface area contributed by atoms with Crippen molar-refractivity contribution in [1.82, 2.24) is 0 Å². The van der Waals surface area contributed by atoms with E-state index in [-0.39, 0.29) is 6.10 Å². The second-order valence-corrected chi connectivity index (χ2v) is 5.18. The lowest BCUT2D eigenvalue weighted by molar-refractivity contribution is 0.0920. The topological polar surface area (TPSA) is 29.5 Å². The highest BCUT2D eigenvalue weighted by Gasteiger charge is 2.00. The summed E-state index contributed by atoms with van der Waals surface area (Å²) in [6.07, 6.45) is -0.0819. The molecule has 0 saturated carbocycles. The third kappa shape index (κ3) is 5.01. The standard InChI is InChI=1S/C13H20O2S/c1-10(2)15-8-9-16-13-6-4-12(5-7-13)11(3)14/h4-7,10-11,14H,8-9H2,1-3H3. The molecule has 0 saturated heterocycles. The quantitative estimate of drug-likeness (QED) is 0.611. The number of thioether (sulfide) groups is 1. The van der Waals surface area contributed by atoms with Gasteiger partial charge in [0.25, 0.3) is 0 Å². The maximum Gasteiger partial charge on any atom is 0.0761 e. The summed E-state index contributed by atoms with van der Waals surface area (Å²) in [6, 6.07) is 8.02. The van der Waals surface area contributed by atoms with Crippen LogP contribution in [-0.4, -0.2) is 23.6 Å². The summed E-state index contributed by atoms with van der Waals surface area (Å²) in [4.78, 5) is 1.22. The predicted octanol–water partition coefficient (Wildman–Crippen LogP) is 3.26. The highest BCUT2D eigenvalue weighted by Crippen LogP contribution is 2.20. The van der Waals surface area contributed by atoms with E-state index < -0.39 is 0 Å². The molecule has 2 nitrogen and oxygen atoms in total. The van der Waals surface area contributed by atoms with Crippen LogP contribution in [0.4, 0.5) is 0 Å². The van der Waals surface area contributed by atoms with Gasteiger partial charge in [-0.25, -0.2) is 0 Å². The number of ether oxygens (including phenoxy) is 1. The molecule has 0 radical (unpaired) electrons. The average Bonchev–Trinajstić information content (AvgIpc) is 2.25. The lowest BCUT2D eigenvalue weighted by atomic mass is 10.1. The summed E-state index contributed by atoms with van der Waals surface area (Å²) in [6.45, 7) is 6.64. The summed E-state index contributed by atoms with van der Waals surface area (Å²) in [7, 11) is 0. The first kappa shape index (κ1) is 13.6. The molecule has 0 aromatic heterocycles. The monoisotopic (exact) mass is 240 g/mol. The first-order chi connectivity index (χ1) is 7.59. The van der Waals surface area contributed by atoms with Crippen molar-refractivity contribution >= 4 is 11.8 Å². The number of rotatable bonds is 6. The van der Waals surface area contributed by atoms with Crippen LogP contribution < -0.4 is 0 Å². The van der Waals surface area contributed by atoms with Crippen LogP contribution in [0, 0.1) is 0 Å². The Morgan fingerprint density at radius 2 is 1.81 bits per heavy atom. The molecule has 1 aromatic carbocycles. The van der Waals surface area contributed by atoms with Gasteiger partial charge in [0, 0.05) is 10.6 Å². The second-order valence-electron chi connectivity index (χ2n) is 4.01. The van der Waals surface area contributed by atoms with Crippen molar-refractivity contribution in [2.45, 2.75) is 37.9 Å². The van der Waals surface area contributed by atoms with E-state index in [1.807, 2.05) is 38.1 Å². The zero-order chi connectivity index (χ0) is 12.0. The molecule has 0 aliphatic rings. The number of hydrogen-bond acceptors (Lipinski definition) is 3. The molecule has 1 atom stereocenters. The fraction of sp³-hybridized carbons (Fsp3) is 0.538. The van der Waals surface area contributed by atoms with Crippen molar-refractivity contribution in [3.8, 4) is 0 Å². The molecule has 0 aliphatic heterocycles. The molecule has 3 heteroatoms. The van der Waals surface area contributed by atoms with Crippen molar-refractivity contribution < 1.29 is 9.84 Å². The fourth-order valence-electron chi connectivity index (χ4n) is 1.29. The van der Waals surface area contributed by atoms with Gasteiger partial charge in [0.1, 0.15) is 0 Å². The Bertz CT molecular complexity index is 293. The van der Waals surface area contributed by atoms with Gasteiger partial charge in [-0.15, -0.1) is 11.8 Å². The minimum absolute atomic E-state index is 0.304. The van der Waals surface area contributed by atoms with Crippen LogP contribution in [0.15, 0.2) is 29.2 Å². The summed E-state index contributed by atoms with van der Waals surface area (Å²) in [5, 5.41) is 9.36. The van der Waals surface area contributed by atoms with Gasteiger partial charge in [-0.05, 0) is 38.5 Å². The molecular weight excluding hydrogens is 220 g/mol. The molecule has 16 heavy (non-hydrogen) atoms. The first-order valence-corrected chi connectivity index (χ1v) is 6.60. The van der Waals surface area contributed by atoms with Crippen LogP contribution in [0.1, 0.15) is 32.4 Å². The first-order valence-electron chi connectivity index (χ1n) is 5.62. The summed E-state index contributed by atoms with van der Waals surface area (Å²) in [5.41, 5.74) is 0.961. The zero-order valence-corrected chi connectivity index (χ0v) is 11.0. The van der Waals surface area contributed by atoms with Gasteiger partial charge in [-0.1, -0.05) is 12.1 Å². The normalized spacial score (nSPS) is 13.1. The fourth-order valence-corrected chi connectivity index (χ4v) is 2.03. The molecule has 0 aliphatic carbocycles. The van der Waals surface area contributed by atoms with Crippen LogP contribution in [0.25, 0.3) is 0 Å². The maximum atomic E-state index is 9.36. The minimum Gasteiger partial charge on any atom is -0.389 e. The number of benzene rings is 1. The van der Waals surface area contributed by atoms with Gasteiger partial charge in [0.15, 0.2) is 0 Å². The van der Waals surface area contributed by atoms with Crippen LogP contribution in [-0.2, 0) is 4.74 Å². The largest absolute Gasteiger partial charge is 0.389 e. The van der Waals surface area contributed by atoms with Crippen LogP contribution in [0.5, 0.6) is 0 Å². The summed E-state index contributed by atoms with van der Waals surface area (Å²) >= 11 is 1.78. The molecule has 90 valence electrons. The Labute approximate surface area is 102 Å². The molecule has 0 bridgehead atoms. The zero-order valence-electron chi connectivity index (χ0n) is 10.1. The predicted molar refractivity (Wildman–Crippen MR) is 68.9 cm³/mol. The smallest absolute Gasteiger partial charge is 0.0761 e. The van der Waals surface area contributed by atoms with E-state index in [4.69, 9.17) is 4.74 Å². The van der Waals surface area contributed by atoms with E-state index in [9.17, 15) is 5.11 Å². The lowest BCUT2D eigenvalue weighted by Crippen LogP contribution is -2.05. The van der Waals surface area contributed by atoms with E-state index >= 15 is 0 Å². The van der Waals surface area contributed by atoms with Crippen LogP contribution in [0.3, 0.4) is 0 Å². The molecule has 0 heterocycles. The molecule has 0 fully saturated rings. The Morgan fingerprint density at radius 3 is 2.31 bits per heavy atom. The van der Waals surface area contributed by atoms with Crippen molar-refractivity contribution in [1.29, 1.82) is 0 Å². The molecule has 1 N–H and O–H groups in total. The number of aliphatic hydroxyl groups excluding tert-OH is 1. The van der Waals surface area contributed by atoms with E-state index in [0.29, 0.717) is 6.10 Å². The van der Waals surface area contributed by atoms with Crippen LogP contribution >= 0.6 is 11.8 Å². The van der Waals surface area contributed by atoms with Crippen molar-refractivity contribution in [2.75, 3.05) is 12.4 Å². The highest BCUT2D eigenvalue weighted by molar-refractivity contribution is 7.99. The molecule has 1 unspecified atom stereocenters. The van der Waals surface area contributed by atoms with Gasteiger partial charge < -0.3 is 9.84 Å². The van der Waals surface area contributed by atoms with E-state index in [1.165, 1.54) is 4.90 Å². The van der Waals surface area contributed by atoms with E-state index in [2.05, 4.69) is 0 Å². The molecule has 1 aromatic rings. The van der Waals surface area contributed by atoms with Crippen molar-refractivity contribution in [2.24, 2.45) is 0 Å². The SMILES string of the molecule is CC(C)OCCSc1ccc(C(C)O)cc1. The van der Waals surface area contributed by atoms with Crippen LogP contribution in [0.2, 0.25) is 0 Å². The highest BCUT2D eigenvalue weighted by atomic mass is 32.2. The molecule has 0 spiro atoms. The Balaban J connectivity index is 2.32.